The standard InChI is InChI=1S/C9H10O3/c10-8(6-9(11)12)7-4-2-1-3-5-7/h1-5,8,10H,6H2,(H,11,12)/t8-/m1/s1/i8D. The molecular formula is C9H10O3. The van der Waals surface area contributed by atoms with Crippen LogP contribution in [0.3, 0.4) is 0 Å². The molecule has 0 bridgehead atoms. The summed E-state index contributed by atoms with van der Waals surface area (Å²) in [4.78, 5) is 10.3. The fourth-order valence-electron chi connectivity index (χ4n) is 0.876. The van der Waals surface area contributed by atoms with Crippen molar-refractivity contribution in [3.8, 4) is 0 Å². The summed E-state index contributed by atoms with van der Waals surface area (Å²) in [6.07, 6.45) is -2.65. The Balaban J connectivity index is 2.87. The SMILES string of the molecule is [2H][C@@](O)(CC(=O)O)c1ccccc1. The van der Waals surface area contributed by atoms with Crippen LogP contribution in [-0.4, -0.2) is 16.2 Å². The summed E-state index contributed by atoms with van der Waals surface area (Å²) < 4.78 is 7.37. The topological polar surface area (TPSA) is 57.5 Å². The summed E-state index contributed by atoms with van der Waals surface area (Å²) in [6, 6.07) is 8.08. The zero-order valence-corrected chi connectivity index (χ0v) is 6.40. The van der Waals surface area contributed by atoms with Crippen molar-refractivity contribution < 1.29 is 16.4 Å². The van der Waals surface area contributed by atoms with Crippen LogP contribution in [0.25, 0.3) is 0 Å². The van der Waals surface area contributed by atoms with E-state index in [2.05, 4.69) is 0 Å². The van der Waals surface area contributed by atoms with Crippen LogP contribution in [0.2, 0.25) is 0 Å². The van der Waals surface area contributed by atoms with E-state index in [0.717, 1.165) is 0 Å². The largest absolute Gasteiger partial charge is 0.481 e. The van der Waals surface area contributed by atoms with Gasteiger partial charge in [-0.2, -0.15) is 0 Å². The van der Waals surface area contributed by atoms with Crippen LogP contribution in [0.5, 0.6) is 0 Å². The predicted octanol–water partition coefficient (Wildman–Crippen LogP) is 1.19. The van der Waals surface area contributed by atoms with E-state index >= 15 is 0 Å². The Kier molecular flexibility index (Phi) is 2.36. The molecule has 0 fully saturated rings. The summed E-state index contributed by atoms with van der Waals surface area (Å²) in [5, 5.41) is 17.9. The summed E-state index contributed by atoms with van der Waals surface area (Å²) in [7, 11) is 0. The Labute approximate surface area is 71.7 Å². The number of hydrogen-bond donors (Lipinski definition) is 2. The number of carboxylic acid groups (broad SMARTS) is 1. The second kappa shape index (κ2) is 3.88. The van der Waals surface area contributed by atoms with Gasteiger partial charge < -0.3 is 10.2 Å². The highest BCUT2D eigenvalue weighted by Crippen LogP contribution is 2.15. The normalized spacial score (nSPS) is 16.2. The third kappa shape index (κ3) is 2.36. The first kappa shape index (κ1) is 7.31. The molecule has 12 heavy (non-hydrogen) atoms. The van der Waals surface area contributed by atoms with E-state index in [1.807, 2.05) is 0 Å². The van der Waals surface area contributed by atoms with Gasteiger partial charge in [0.2, 0.25) is 0 Å². The van der Waals surface area contributed by atoms with Gasteiger partial charge in [0.15, 0.2) is 0 Å². The molecule has 3 heteroatoms. The first-order valence-electron chi connectivity index (χ1n) is 4.02. The lowest BCUT2D eigenvalue weighted by molar-refractivity contribution is -0.139. The van der Waals surface area contributed by atoms with E-state index in [1.54, 1.807) is 18.2 Å². The lowest BCUT2D eigenvalue weighted by Crippen LogP contribution is -2.04. The summed E-state index contributed by atoms with van der Waals surface area (Å²) in [6.45, 7) is 0. The van der Waals surface area contributed by atoms with Crippen molar-refractivity contribution in [3.05, 3.63) is 35.9 Å². The van der Waals surface area contributed by atoms with E-state index in [4.69, 9.17) is 6.48 Å². The maximum Gasteiger partial charge on any atom is 0.306 e. The van der Waals surface area contributed by atoms with Crippen LogP contribution in [0.1, 0.15) is 19.4 Å². The predicted molar refractivity (Wildman–Crippen MR) is 43.7 cm³/mol. The lowest BCUT2D eigenvalue weighted by atomic mass is 10.1. The average molecular weight is 167 g/mol. The van der Waals surface area contributed by atoms with Crippen LogP contribution >= 0.6 is 0 Å². The van der Waals surface area contributed by atoms with Gasteiger partial charge in [0.25, 0.3) is 0 Å². The zero-order valence-electron chi connectivity index (χ0n) is 7.40. The molecule has 1 aromatic carbocycles. The number of benzene rings is 1. The monoisotopic (exact) mass is 167 g/mol. The third-order valence-electron chi connectivity index (χ3n) is 1.43. The fraction of sp³-hybridized carbons (Fsp3) is 0.222. The molecule has 0 saturated carbocycles. The molecule has 0 aliphatic heterocycles. The molecule has 0 heterocycles. The average Bonchev–Trinajstić information content (AvgIpc) is 2.04. The van der Waals surface area contributed by atoms with E-state index in [-0.39, 0.29) is 5.56 Å². The Bertz CT molecular complexity index is 295. The molecule has 0 amide bonds. The van der Waals surface area contributed by atoms with Gasteiger partial charge in [-0.3, -0.25) is 4.79 Å². The highest BCUT2D eigenvalue weighted by molar-refractivity contribution is 5.67. The molecule has 0 unspecified atom stereocenters. The molecule has 0 spiro atoms. The van der Waals surface area contributed by atoms with Gasteiger partial charge in [0.1, 0.15) is 0 Å². The molecule has 1 aromatic rings. The summed E-state index contributed by atoms with van der Waals surface area (Å²) in [5.74, 6) is -1.19. The van der Waals surface area contributed by atoms with E-state index < -0.39 is 18.5 Å². The van der Waals surface area contributed by atoms with Gasteiger partial charge in [-0.1, -0.05) is 30.3 Å². The van der Waals surface area contributed by atoms with Crippen molar-refractivity contribution in [2.75, 3.05) is 0 Å². The van der Waals surface area contributed by atoms with Crippen molar-refractivity contribution in [2.45, 2.75) is 12.5 Å². The van der Waals surface area contributed by atoms with E-state index in [9.17, 15) is 9.90 Å². The molecule has 0 saturated heterocycles. The van der Waals surface area contributed by atoms with Gasteiger partial charge in [0.05, 0.1) is 13.9 Å². The van der Waals surface area contributed by atoms with Crippen LogP contribution < -0.4 is 0 Å². The van der Waals surface area contributed by atoms with Crippen molar-refractivity contribution in [1.29, 1.82) is 0 Å². The maximum absolute atomic E-state index is 10.3. The minimum Gasteiger partial charge on any atom is -0.481 e. The Hall–Kier alpha value is -1.35. The molecule has 1 rings (SSSR count). The summed E-state index contributed by atoms with van der Waals surface area (Å²) in [5.41, 5.74) is 0.289. The van der Waals surface area contributed by atoms with Gasteiger partial charge in [0, 0.05) is 0 Å². The second-order valence-corrected chi connectivity index (χ2v) is 2.38. The minimum absolute atomic E-state index is 0.289. The minimum atomic E-state index is -2.03. The molecule has 0 aliphatic rings. The van der Waals surface area contributed by atoms with Crippen LogP contribution in [0, 0.1) is 0 Å². The van der Waals surface area contributed by atoms with Crippen LogP contribution in [0.15, 0.2) is 30.3 Å². The molecular weight excluding hydrogens is 156 g/mol. The molecule has 64 valence electrons. The number of carboxylic acids is 1. The Morgan fingerprint density at radius 1 is 1.50 bits per heavy atom. The Morgan fingerprint density at radius 2 is 2.08 bits per heavy atom. The van der Waals surface area contributed by atoms with Gasteiger partial charge >= 0.3 is 5.97 Å². The third-order valence-corrected chi connectivity index (χ3v) is 1.43. The zero-order chi connectivity index (χ0) is 9.90. The van der Waals surface area contributed by atoms with Crippen molar-refractivity contribution in [2.24, 2.45) is 0 Å². The van der Waals surface area contributed by atoms with Gasteiger partial charge in [-0.25, -0.2) is 0 Å². The van der Waals surface area contributed by atoms with Crippen molar-refractivity contribution >= 4 is 5.97 Å². The highest BCUT2D eigenvalue weighted by atomic mass is 16.4. The smallest absolute Gasteiger partial charge is 0.306 e. The van der Waals surface area contributed by atoms with Crippen molar-refractivity contribution in [1.82, 2.24) is 0 Å². The maximum atomic E-state index is 10.3. The van der Waals surface area contributed by atoms with Gasteiger partial charge in [-0.15, -0.1) is 0 Å². The number of rotatable bonds is 3. The molecule has 3 nitrogen and oxygen atoms in total. The van der Waals surface area contributed by atoms with Crippen LogP contribution in [-0.2, 0) is 4.79 Å². The number of hydrogen-bond acceptors (Lipinski definition) is 2. The molecule has 0 radical (unpaired) electrons. The van der Waals surface area contributed by atoms with Crippen molar-refractivity contribution in [3.63, 3.8) is 0 Å². The molecule has 2 N–H and O–H groups in total. The number of aliphatic carboxylic acids is 1. The lowest BCUT2D eigenvalue weighted by Gasteiger charge is -2.06. The van der Waals surface area contributed by atoms with Crippen LogP contribution in [0.4, 0.5) is 0 Å². The highest BCUT2D eigenvalue weighted by Gasteiger charge is 2.10. The van der Waals surface area contributed by atoms with E-state index in [1.165, 1.54) is 12.1 Å². The molecule has 0 aliphatic carbocycles. The number of aliphatic hydroxyl groups is 1. The Morgan fingerprint density at radius 3 is 2.58 bits per heavy atom. The van der Waals surface area contributed by atoms with E-state index in [0.29, 0.717) is 0 Å². The van der Waals surface area contributed by atoms with Gasteiger partial charge in [-0.05, 0) is 5.56 Å². The fourth-order valence-corrected chi connectivity index (χ4v) is 0.876. The quantitative estimate of drug-likeness (QED) is 0.711. The summed E-state index contributed by atoms with van der Waals surface area (Å²) >= 11 is 0. The second-order valence-electron chi connectivity index (χ2n) is 2.38. The molecule has 0 aromatic heterocycles. The first-order valence-corrected chi connectivity index (χ1v) is 3.52. The molecule has 1 atom stereocenters. The number of carbonyl (C=O) groups is 1. The first-order chi connectivity index (χ1) is 6.02.